The van der Waals surface area contributed by atoms with E-state index < -0.39 is 0 Å². The quantitative estimate of drug-likeness (QED) is 0.755. The maximum absolute atomic E-state index is 3.96. The molecule has 1 aliphatic rings. The number of aromatic nitrogens is 3. The predicted octanol–water partition coefficient (Wildman–Crippen LogP) is 1.84. The van der Waals surface area contributed by atoms with Crippen LogP contribution in [-0.2, 0) is 6.54 Å². The highest BCUT2D eigenvalue weighted by atomic mass is 79.9. The van der Waals surface area contributed by atoms with Gasteiger partial charge in [-0.2, -0.15) is 0 Å². The van der Waals surface area contributed by atoms with E-state index in [0.29, 0.717) is 0 Å². The average Bonchev–Trinajstić information content (AvgIpc) is 2.27. The van der Waals surface area contributed by atoms with Crippen molar-refractivity contribution in [2.75, 3.05) is 0 Å². The van der Waals surface area contributed by atoms with Crippen molar-refractivity contribution in [3.05, 3.63) is 10.8 Å². The summed E-state index contributed by atoms with van der Waals surface area (Å²) in [4.78, 5) is 0. The lowest BCUT2D eigenvalue weighted by Crippen LogP contribution is -2.18. The maximum atomic E-state index is 3.96. The molecule has 0 saturated heterocycles. The Hall–Kier alpha value is -0.380. The minimum Gasteiger partial charge on any atom is -0.251 e. The van der Waals surface area contributed by atoms with Gasteiger partial charge < -0.3 is 0 Å². The van der Waals surface area contributed by atoms with Gasteiger partial charge in [0.25, 0.3) is 0 Å². The fraction of sp³-hybridized carbons (Fsp3) is 0.714. The number of hydrogen-bond donors (Lipinski definition) is 0. The van der Waals surface area contributed by atoms with E-state index in [4.69, 9.17) is 0 Å². The molecule has 0 atom stereocenters. The second-order valence-corrected chi connectivity index (χ2v) is 3.87. The van der Waals surface area contributed by atoms with Crippen LogP contribution in [0.25, 0.3) is 0 Å². The molecule has 1 saturated carbocycles. The SMILES string of the molecule is Brc1cn(CC2CCC2)nn1. The van der Waals surface area contributed by atoms with Gasteiger partial charge >= 0.3 is 0 Å². The van der Waals surface area contributed by atoms with Gasteiger partial charge in [-0.15, -0.1) is 5.10 Å². The Balaban J connectivity index is 1.95. The first kappa shape index (κ1) is 7.28. The van der Waals surface area contributed by atoms with Crippen LogP contribution in [0.5, 0.6) is 0 Å². The molecule has 0 radical (unpaired) electrons. The van der Waals surface area contributed by atoms with Gasteiger partial charge in [0.1, 0.15) is 4.60 Å². The molecule has 0 amide bonds. The van der Waals surface area contributed by atoms with Crippen molar-refractivity contribution >= 4 is 15.9 Å². The molecule has 0 aromatic carbocycles. The summed E-state index contributed by atoms with van der Waals surface area (Å²) in [7, 11) is 0. The highest BCUT2D eigenvalue weighted by Gasteiger charge is 2.17. The van der Waals surface area contributed by atoms with E-state index in [1.807, 2.05) is 10.9 Å². The Bertz CT molecular complexity index is 242. The third kappa shape index (κ3) is 1.61. The summed E-state index contributed by atoms with van der Waals surface area (Å²) in [6.45, 7) is 1.04. The highest BCUT2D eigenvalue weighted by Crippen LogP contribution is 2.27. The van der Waals surface area contributed by atoms with Crippen molar-refractivity contribution in [3.63, 3.8) is 0 Å². The Morgan fingerprint density at radius 2 is 2.45 bits per heavy atom. The van der Waals surface area contributed by atoms with Crippen molar-refractivity contribution in [1.29, 1.82) is 0 Å². The molecule has 60 valence electrons. The summed E-state index contributed by atoms with van der Waals surface area (Å²) >= 11 is 3.27. The monoisotopic (exact) mass is 215 g/mol. The number of halogens is 1. The van der Waals surface area contributed by atoms with Crippen LogP contribution < -0.4 is 0 Å². The van der Waals surface area contributed by atoms with Gasteiger partial charge in [0, 0.05) is 6.54 Å². The lowest BCUT2D eigenvalue weighted by atomic mass is 9.85. The standard InChI is InChI=1S/C7H10BrN3/c8-7-5-11(10-9-7)4-6-2-1-3-6/h5-6H,1-4H2. The molecule has 1 aromatic rings. The van der Waals surface area contributed by atoms with E-state index in [1.54, 1.807) is 0 Å². The smallest absolute Gasteiger partial charge is 0.148 e. The molecule has 11 heavy (non-hydrogen) atoms. The molecular weight excluding hydrogens is 206 g/mol. The molecule has 1 aromatic heterocycles. The second kappa shape index (κ2) is 2.93. The van der Waals surface area contributed by atoms with E-state index >= 15 is 0 Å². The zero-order chi connectivity index (χ0) is 7.68. The third-order valence-electron chi connectivity index (χ3n) is 2.18. The summed E-state index contributed by atoms with van der Waals surface area (Å²) in [5.41, 5.74) is 0. The average molecular weight is 216 g/mol. The van der Waals surface area contributed by atoms with E-state index in [0.717, 1.165) is 17.1 Å². The van der Waals surface area contributed by atoms with Crippen LogP contribution in [0.4, 0.5) is 0 Å². The van der Waals surface area contributed by atoms with Crippen molar-refractivity contribution in [2.45, 2.75) is 25.8 Å². The molecule has 0 aliphatic heterocycles. The van der Waals surface area contributed by atoms with Gasteiger partial charge in [0.15, 0.2) is 0 Å². The van der Waals surface area contributed by atoms with E-state index in [9.17, 15) is 0 Å². The molecule has 4 heteroatoms. The van der Waals surface area contributed by atoms with Gasteiger partial charge in [-0.25, -0.2) is 0 Å². The van der Waals surface area contributed by atoms with Crippen molar-refractivity contribution < 1.29 is 0 Å². The fourth-order valence-electron chi connectivity index (χ4n) is 1.30. The molecular formula is C7H10BrN3. The Kier molecular flexibility index (Phi) is 1.94. The lowest BCUT2D eigenvalue weighted by molar-refractivity contribution is 0.264. The molecule has 0 bridgehead atoms. The fourth-order valence-corrected chi connectivity index (χ4v) is 1.61. The summed E-state index contributed by atoms with van der Waals surface area (Å²) < 4.78 is 2.74. The molecule has 0 N–H and O–H groups in total. The normalized spacial score (nSPS) is 18.3. The molecule has 1 fully saturated rings. The molecule has 1 heterocycles. The molecule has 0 spiro atoms. The van der Waals surface area contributed by atoms with Gasteiger partial charge in [0.05, 0.1) is 6.20 Å². The number of rotatable bonds is 2. The van der Waals surface area contributed by atoms with Crippen LogP contribution in [0, 0.1) is 5.92 Å². The molecule has 2 rings (SSSR count). The summed E-state index contributed by atoms with van der Waals surface area (Å²) in [5.74, 6) is 0.851. The second-order valence-electron chi connectivity index (χ2n) is 3.06. The van der Waals surface area contributed by atoms with Crippen molar-refractivity contribution in [3.8, 4) is 0 Å². The Morgan fingerprint density at radius 3 is 2.91 bits per heavy atom. The van der Waals surface area contributed by atoms with Crippen LogP contribution in [-0.4, -0.2) is 15.0 Å². The van der Waals surface area contributed by atoms with Crippen LogP contribution in [0.1, 0.15) is 19.3 Å². The van der Waals surface area contributed by atoms with Gasteiger partial charge in [-0.1, -0.05) is 11.6 Å². The first-order valence-electron chi connectivity index (χ1n) is 3.90. The van der Waals surface area contributed by atoms with Gasteiger partial charge in [-0.3, -0.25) is 4.68 Å². The van der Waals surface area contributed by atoms with E-state index in [1.165, 1.54) is 19.3 Å². The Morgan fingerprint density at radius 1 is 1.64 bits per heavy atom. The number of hydrogen-bond acceptors (Lipinski definition) is 2. The topological polar surface area (TPSA) is 30.7 Å². The Labute approximate surface area is 73.9 Å². The largest absolute Gasteiger partial charge is 0.251 e. The predicted molar refractivity (Wildman–Crippen MR) is 45.1 cm³/mol. The molecule has 0 unspecified atom stereocenters. The zero-order valence-corrected chi connectivity index (χ0v) is 7.79. The van der Waals surface area contributed by atoms with Crippen molar-refractivity contribution in [2.24, 2.45) is 5.92 Å². The van der Waals surface area contributed by atoms with Crippen LogP contribution in [0.2, 0.25) is 0 Å². The summed E-state index contributed by atoms with van der Waals surface area (Å²) in [5, 5.41) is 7.82. The van der Waals surface area contributed by atoms with E-state index in [2.05, 4.69) is 26.2 Å². The minimum absolute atomic E-state index is 0.830. The highest BCUT2D eigenvalue weighted by molar-refractivity contribution is 9.10. The first-order chi connectivity index (χ1) is 5.34. The summed E-state index contributed by atoms with van der Waals surface area (Å²) in [6.07, 6.45) is 6.04. The van der Waals surface area contributed by atoms with Crippen LogP contribution in [0.15, 0.2) is 10.8 Å². The van der Waals surface area contributed by atoms with E-state index in [-0.39, 0.29) is 0 Å². The van der Waals surface area contributed by atoms with Gasteiger partial charge in [0.2, 0.25) is 0 Å². The summed E-state index contributed by atoms with van der Waals surface area (Å²) in [6, 6.07) is 0. The first-order valence-corrected chi connectivity index (χ1v) is 4.69. The lowest BCUT2D eigenvalue weighted by Gasteiger charge is -2.24. The molecule has 3 nitrogen and oxygen atoms in total. The molecule has 1 aliphatic carbocycles. The number of nitrogens with zero attached hydrogens (tertiary/aromatic N) is 3. The maximum Gasteiger partial charge on any atom is 0.148 e. The van der Waals surface area contributed by atoms with Crippen LogP contribution >= 0.6 is 15.9 Å². The van der Waals surface area contributed by atoms with Crippen LogP contribution in [0.3, 0.4) is 0 Å². The minimum atomic E-state index is 0.830. The van der Waals surface area contributed by atoms with Gasteiger partial charge in [-0.05, 0) is 34.7 Å². The third-order valence-corrected chi connectivity index (χ3v) is 2.54. The van der Waals surface area contributed by atoms with Crippen molar-refractivity contribution in [1.82, 2.24) is 15.0 Å². The zero-order valence-electron chi connectivity index (χ0n) is 6.20.